The fourth-order valence-electron chi connectivity index (χ4n) is 4.02. The molecule has 5 heteroatoms. The SMILES string of the molecule is NC(=O)[C@@H]1CCCN1Cc1nc2c(s1)C[C@H](c1ccccc1)CC2. The Labute approximate surface area is 146 Å². The van der Waals surface area contributed by atoms with Crippen LogP contribution >= 0.6 is 11.3 Å². The number of hydrogen-bond acceptors (Lipinski definition) is 4. The van der Waals surface area contributed by atoms with Crippen LogP contribution in [0.5, 0.6) is 0 Å². The second-order valence-electron chi connectivity index (χ2n) is 6.86. The molecule has 1 aliphatic carbocycles. The number of aryl methyl sites for hydroxylation is 1. The van der Waals surface area contributed by atoms with Crippen molar-refractivity contribution in [1.29, 1.82) is 0 Å². The Bertz CT molecular complexity index is 727. The Kier molecular flexibility index (Phi) is 4.37. The number of aromatic nitrogens is 1. The summed E-state index contributed by atoms with van der Waals surface area (Å²) in [7, 11) is 0. The summed E-state index contributed by atoms with van der Waals surface area (Å²) in [6.45, 7) is 1.71. The summed E-state index contributed by atoms with van der Waals surface area (Å²) in [5.41, 5.74) is 8.24. The molecule has 0 saturated carbocycles. The van der Waals surface area contributed by atoms with Gasteiger partial charge in [-0.25, -0.2) is 4.98 Å². The van der Waals surface area contributed by atoms with Crippen LogP contribution in [0, 0.1) is 0 Å². The number of thiazole rings is 1. The van der Waals surface area contributed by atoms with Gasteiger partial charge >= 0.3 is 0 Å². The van der Waals surface area contributed by atoms with Crippen LogP contribution in [0.15, 0.2) is 30.3 Å². The molecule has 2 heterocycles. The normalized spacial score (nSPS) is 24.0. The first-order chi connectivity index (χ1) is 11.7. The summed E-state index contributed by atoms with van der Waals surface area (Å²) in [6, 6.07) is 10.7. The predicted molar refractivity (Wildman–Crippen MR) is 95.9 cm³/mol. The first-order valence-electron chi connectivity index (χ1n) is 8.76. The highest BCUT2D eigenvalue weighted by Crippen LogP contribution is 2.36. The van der Waals surface area contributed by atoms with E-state index < -0.39 is 0 Å². The number of benzene rings is 1. The lowest BCUT2D eigenvalue weighted by molar-refractivity contribution is -0.122. The van der Waals surface area contributed by atoms with Gasteiger partial charge in [0.25, 0.3) is 0 Å². The van der Waals surface area contributed by atoms with E-state index in [2.05, 4.69) is 35.2 Å². The predicted octanol–water partition coefficient (Wildman–Crippen LogP) is 2.87. The van der Waals surface area contributed by atoms with E-state index >= 15 is 0 Å². The number of carbonyl (C=O) groups excluding carboxylic acids is 1. The van der Waals surface area contributed by atoms with Gasteiger partial charge in [-0.2, -0.15) is 0 Å². The van der Waals surface area contributed by atoms with Gasteiger partial charge in [-0.3, -0.25) is 9.69 Å². The van der Waals surface area contributed by atoms with E-state index in [0.29, 0.717) is 5.92 Å². The maximum absolute atomic E-state index is 11.6. The van der Waals surface area contributed by atoms with Gasteiger partial charge in [-0.1, -0.05) is 30.3 Å². The van der Waals surface area contributed by atoms with Gasteiger partial charge in [0.1, 0.15) is 5.01 Å². The van der Waals surface area contributed by atoms with E-state index in [1.54, 1.807) is 0 Å². The Morgan fingerprint density at radius 2 is 2.12 bits per heavy atom. The molecule has 4 rings (SSSR count). The number of carbonyl (C=O) groups is 1. The fourth-order valence-corrected chi connectivity index (χ4v) is 5.24. The summed E-state index contributed by atoms with van der Waals surface area (Å²) in [5.74, 6) is 0.412. The molecule has 1 aromatic heterocycles. The van der Waals surface area contributed by atoms with E-state index in [9.17, 15) is 4.79 Å². The fraction of sp³-hybridized carbons (Fsp3) is 0.474. The summed E-state index contributed by atoms with van der Waals surface area (Å²) in [6.07, 6.45) is 5.26. The molecule has 1 amide bonds. The molecule has 1 aliphatic heterocycles. The van der Waals surface area contributed by atoms with Crippen molar-refractivity contribution < 1.29 is 4.79 Å². The average molecular weight is 341 g/mol. The molecule has 1 fully saturated rings. The van der Waals surface area contributed by atoms with Crippen LogP contribution in [0.1, 0.15) is 46.3 Å². The summed E-state index contributed by atoms with van der Waals surface area (Å²) < 4.78 is 0. The number of fused-ring (bicyclic) bond motifs is 1. The Morgan fingerprint density at radius 3 is 2.92 bits per heavy atom. The van der Waals surface area contributed by atoms with Crippen molar-refractivity contribution >= 4 is 17.2 Å². The van der Waals surface area contributed by atoms with Gasteiger partial charge in [0.2, 0.25) is 5.91 Å². The Hall–Kier alpha value is -1.72. The van der Waals surface area contributed by atoms with Crippen LogP contribution in [0.3, 0.4) is 0 Å². The van der Waals surface area contributed by atoms with Crippen molar-refractivity contribution in [2.45, 2.75) is 50.6 Å². The number of nitrogens with two attached hydrogens (primary N) is 1. The average Bonchev–Trinajstić information content (AvgIpc) is 3.21. The van der Waals surface area contributed by atoms with E-state index in [-0.39, 0.29) is 11.9 Å². The standard InChI is InChI=1S/C19H23N3OS/c20-19(23)16-7-4-10-22(16)12-18-21-15-9-8-14(11-17(15)24-18)13-5-2-1-3-6-13/h1-3,5-6,14,16H,4,7-12H2,(H2,20,23)/t14-,16+/m1/s1. The molecule has 1 saturated heterocycles. The first-order valence-corrected chi connectivity index (χ1v) is 9.58. The molecular formula is C19H23N3OS. The van der Waals surface area contributed by atoms with Gasteiger partial charge in [-0.15, -0.1) is 11.3 Å². The highest BCUT2D eigenvalue weighted by Gasteiger charge is 2.30. The molecule has 0 spiro atoms. The van der Waals surface area contributed by atoms with Gasteiger partial charge < -0.3 is 5.73 Å². The van der Waals surface area contributed by atoms with Crippen molar-refractivity contribution in [3.63, 3.8) is 0 Å². The van der Waals surface area contributed by atoms with Crippen LogP contribution in [0.25, 0.3) is 0 Å². The molecule has 2 aromatic rings. The lowest BCUT2D eigenvalue weighted by Crippen LogP contribution is -2.39. The van der Waals surface area contributed by atoms with E-state index in [4.69, 9.17) is 10.7 Å². The van der Waals surface area contributed by atoms with Crippen molar-refractivity contribution in [2.75, 3.05) is 6.54 Å². The quantitative estimate of drug-likeness (QED) is 0.930. The maximum Gasteiger partial charge on any atom is 0.234 e. The Morgan fingerprint density at radius 1 is 1.29 bits per heavy atom. The number of hydrogen-bond donors (Lipinski definition) is 1. The van der Waals surface area contributed by atoms with Crippen molar-refractivity contribution in [3.05, 3.63) is 51.5 Å². The number of amides is 1. The van der Waals surface area contributed by atoms with Gasteiger partial charge in [-0.05, 0) is 50.1 Å². The van der Waals surface area contributed by atoms with Gasteiger partial charge in [0, 0.05) is 4.88 Å². The molecule has 2 aliphatic rings. The van der Waals surface area contributed by atoms with Crippen molar-refractivity contribution in [1.82, 2.24) is 9.88 Å². The summed E-state index contributed by atoms with van der Waals surface area (Å²) >= 11 is 1.83. The summed E-state index contributed by atoms with van der Waals surface area (Å²) in [5, 5.41) is 1.14. The minimum Gasteiger partial charge on any atom is -0.368 e. The van der Waals surface area contributed by atoms with Gasteiger partial charge in [0.05, 0.1) is 18.3 Å². The number of rotatable bonds is 4. The zero-order valence-corrected chi connectivity index (χ0v) is 14.6. The molecule has 0 unspecified atom stereocenters. The molecule has 24 heavy (non-hydrogen) atoms. The van der Waals surface area contributed by atoms with E-state index in [1.165, 1.54) is 22.6 Å². The molecule has 0 radical (unpaired) electrons. The third-order valence-corrected chi connectivity index (χ3v) is 6.39. The van der Waals surface area contributed by atoms with Crippen molar-refractivity contribution in [2.24, 2.45) is 5.73 Å². The highest BCUT2D eigenvalue weighted by atomic mass is 32.1. The number of likely N-dealkylation sites (tertiary alicyclic amines) is 1. The third-order valence-electron chi connectivity index (χ3n) is 5.29. The van der Waals surface area contributed by atoms with Crippen LogP contribution in [0.2, 0.25) is 0 Å². The molecule has 2 N–H and O–H groups in total. The number of primary amides is 1. The minimum absolute atomic E-state index is 0.108. The Balaban J connectivity index is 1.48. The third kappa shape index (κ3) is 3.10. The van der Waals surface area contributed by atoms with E-state index in [0.717, 1.165) is 43.8 Å². The molecule has 1 aromatic carbocycles. The van der Waals surface area contributed by atoms with E-state index in [1.807, 2.05) is 11.3 Å². The minimum atomic E-state index is -0.196. The second-order valence-corrected chi connectivity index (χ2v) is 8.03. The zero-order valence-electron chi connectivity index (χ0n) is 13.8. The molecule has 2 atom stereocenters. The summed E-state index contributed by atoms with van der Waals surface area (Å²) in [4.78, 5) is 20.0. The number of nitrogens with zero attached hydrogens (tertiary/aromatic N) is 2. The van der Waals surface area contributed by atoms with Crippen LogP contribution < -0.4 is 5.73 Å². The molecule has 126 valence electrons. The largest absolute Gasteiger partial charge is 0.368 e. The maximum atomic E-state index is 11.6. The van der Waals surface area contributed by atoms with Crippen molar-refractivity contribution in [3.8, 4) is 0 Å². The topological polar surface area (TPSA) is 59.2 Å². The van der Waals surface area contributed by atoms with Crippen LogP contribution in [0.4, 0.5) is 0 Å². The zero-order chi connectivity index (χ0) is 16.5. The second kappa shape index (κ2) is 6.65. The first kappa shape index (κ1) is 15.8. The lowest BCUT2D eigenvalue weighted by Gasteiger charge is -2.21. The lowest BCUT2D eigenvalue weighted by atomic mass is 9.85. The highest BCUT2D eigenvalue weighted by molar-refractivity contribution is 7.11. The monoisotopic (exact) mass is 341 g/mol. The smallest absolute Gasteiger partial charge is 0.234 e. The molecular weight excluding hydrogens is 318 g/mol. The molecule has 0 bridgehead atoms. The molecule has 4 nitrogen and oxygen atoms in total. The van der Waals surface area contributed by atoms with Gasteiger partial charge in [0.15, 0.2) is 0 Å². The van der Waals surface area contributed by atoms with Crippen LogP contribution in [-0.2, 0) is 24.2 Å². The van der Waals surface area contributed by atoms with Crippen LogP contribution in [-0.4, -0.2) is 28.4 Å².